The SMILES string of the molecule is CCCNC(=O)c1ccc(NC(=O)[C@@H]2CCCN2S(=O)(=O)c2ccc(C)cc2)cc1Cl. The number of nitrogens with one attached hydrogen (secondary N) is 2. The summed E-state index contributed by atoms with van der Waals surface area (Å²) in [6.45, 7) is 4.66. The molecule has 1 aliphatic heterocycles. The minimum atomic E-state index is -3.78. The van der Waals surface area contributed by atoms with Crippen LogP contribution in [0.15, 0.2) is 47.4 Å². The number of sulfonamides is 1. The molecular weight excluding hydrogens is 438 g/mol. The van der Waals surface area contributed by atoms with Crippen molar-refractivity contribution in [1.29, 1.82) is 0 Å². The van der Waals surface area contributed by atoms with E-state index in [1.807, 2.05) is 13.8 Å². The van der Waals surface area contributed by atoms with Gasteiger partial charge in [-0.2, -0.15) is 4.31 Å². The normalized spacial score (nSPS) is 16.8. The van der Waals surface area contributed by atoms with Gasteiger partial charge in [-0.25, -0.2) is 8.42 Å². The fourth-order valence-electron chi connectivity index (χ4n) is 3.47. The zero-order valence-corrected chi connectivity index (χ0v) is 19.1. The van der Waals surface area contributed by atoms with Crippen LogP contribution in [0.3, 0.4) is 0 Å². The van der Waals surface area contributed by atoms with Gasteiger partial charge in [0.1, 0.15) is 6.04 Å². The average Bonchev–Trinajstić information content (AvgIpc) is 3.23. The second-order valence-corrected chi connectivity index (χ2v) is 9.82. The molecule has 0 spiro atoms. The first-order valence-corrected chi connectivity index (χ1v) is 12.0. The van der Waals surface area contributed by atoms with Crippen LogP contribution in [0.25, 0.3) is 0 Å². The van der Waals surface area contributed by atoms with Gasteiger partial charge >= 0.3 is 0 Å². The summed E-state index contributed by atoms with van der Waals surface area (Å²) in [5.41, 5.74) is 1.68. The van der Waals surface area contributed by atoms with Crippen LogP contribution >= 0.6 is 11.6 Å². The zero-order chi connectivity index (χ0) is 22.6. The maximum absolute atomic E-state index is 13.1. The van der Waals surface area contributed by atoms with Crippen LogP contribution in [-0.4, -0.2) is 43.7 Å². The van der Waals surface area contributed by atoms with Gasteiger partial charge in [-0.15, -0.1) is 0 Å². The monoisotopic (exact) mass is 463 g/mol. The highest BCUT2D eigenvalue weighted by Crippen LogP contribution is 2.28. The topological polar surface area (TPSA) is 95.6 Å². The summed E-state index contributed by atoms with van der Waals surface area (Å²) in [5.74, 6) is -0.705. The number of nitrogens with zero attached hydrogens (tertiary/aromatic N) is 1. The number of benzene rings is 2. The van der Waals surface area contributed by atoms with Crippen LogP contribution in [-0.2, 0) is 14.8 Å². The molecule has 9 heteroatoms. The Hall–Kier alpha value is -2.42. The molecule has 1 atom stereocenters. The third-order valence-corrected chi connectivity index (χ3v) is 7.39. The van der Waals surface area contributed by atoms with Crippen molar-refractivity contribution in [3.8, 4) is 0 Å². The van der Waals surface area contributed by atoms with Crippen molar-refractivity contribution in [2.75, 3.05) is 18.4 Å². The Bertz CT molecular complexity index is 1070. The molecule has 166 valence electrons. The van der Waals surface area contributed by atoms with Crippen LogP contribution in [0.4, 0.5) is 5.69 Å². The Labute approximate surface area is 187 Å². The molecule has 0 unspecified atom stereocenters. The molecule has 2 aromatic rings. The van der Waals surface area contributed by atoms with Crippen molar-refractivity contribution in [2.24, 2.45) is 0 Å². The lowest BCUT2D eigenvalue weighted by Crippen LogP contribution is -2.43. The molecule has 0 aliphatic carbocycles. The highest BCUT2D eigenvalue weighted by atomic mass is 35.5. The van der Waals surface area contributed by atoms with Crippen molar-refractivity contribution in [3.63, 3.8) is 0 Å². The van der Waals surface area contributed by atoms with E-state index in [0.29, 0.717) is 30.6 Å². The Balaban J connectivity index is 1.74. The molecule has 1 heterocycles. The van der Waals surface area contributed by atoms with Crippen molar-refractivity contribution < 1.29 is 18.0 Å². The number of hydrogen-bond acceptors (Lipinski definition) is 4. The Kier molecular flexibility index (Phi) is 7.35. The van der Waals surface area contributed by atoms with Gasteiger partial charge < -0.3 is 10.6 Å². The second-order valence-electron chi connectivity index (χ2n) is 7.53. The highest BCUT2D eigenvalue weighted by molar-refractivity contribution is 7.89. The molecule has 2 N–H and O–H groups in total. The van der Waals surface area contributed by atoms with Crippen LogP contribution in [0.5, 0.6) is 0 Å². The van der Waals surface area contributed by atoms with Gasteiger partial charge in [0, 0.05) is 18.8 Å². The van der Waals surface area contributed by atoms with E-state index in [2.05, 4.69) is 10.6 Å². The van der Waals surface area contributed by atoms with Crippen LogP contribution in [0.1, 0.15) is 42.1 Å². The van der Waals surface area contributed by atoms with Gasteiger partial charge in [-0.05, 0) is 56.5 Å². The third kappa shape index (κ3) is 5.26. The predicted octanol–water partition coefficient (Wildman–Crippen LogP) is 3.58. The molecule has 3 rings (SSSR count). The molecule has 31 heavy (non-hydrogen) atoms. The first-order valence-electron chi connectivity index (χ1n) is 10.2. The maximum atomic E-state index is 13.1. The first kappa shape index (κ1) is 23.2. The van der Waals surface area contributed by atoms with Gasteiger partial charge in [0.25, 0.3) is 5.91 Å². The van der Waals surface area contributed by atoms with E-state index in [1.165, 1.54) is 10.4 Å². The molecule has 0 bridgehead atoms. The fraction of sp³-hybridized carbons (Fsp3) is 0.364. The van der Waals surface area contributed by atoms with E-state index in [1.54, 1.807) is 36.4 Å². The summed E-state index contributed by atoms with van der Waals surface area (Å²) in [5, 5.41) is 5.70. The minimum Gasteiger partial charge on any atom is -0.352 e. The number of hydrogen-bond donors (Lipinski definition) is 2. The molecule has 7 nitrogen and oxygen atoms in total. The maximum Gasteiger partial charge on any atom is 0.252 e. The molecule has 1 aliphatic rings. The summed E-state index contributed by atoms with van der Waals surface area (Å²) >= 11 is 6.22. The number of amides is 2. The van der Waals surface area contributed by atoms with Crippen molar-refractivity contribution in [3.05, 3.63) is 58.6 Å². The van der Waals surface area contributed by atoms with Gasteiger partial charge in [-0.3, -0.25) is 9.59 Å². The van der Waals surface area contributed by atoms with Crippen LogP contribution in [0, 0.1) is 6.92 Å². The summed E-state index contributed by atoms with van der Waals surface area (Å²) in [6.07, 6.45) is 1.84. The van der Waals surface area contributed by atoms with Gasteiger partial charge in [-0.1, -0.05) is 36.2 Å². The molecule has 0 aromatic heterocycles. The van der Waals surface area contributed by atoms with Crippen LogP contribution in [0.2, 0.25) is 5.02 Å². The van der Waals surface area contributed by atoms with E-state index in [-0.39, 0.29) is 22.4 Å². The predicted molar refractivity (Wildman–Crippen MR) is 121 cm³/mol. The number of rotatable bonds is 7. The molecule has 1 saturated heterocycles. The Morgan fingerprint density at radius 3 is 2.52 bits per heavy atom. The molecule has 2 amide bonds. The molecule has 0 saturated carbocycles. The van der Waals surface area contributed by atoms with Crippen molar-refractivity contribution in [1.82, 2.24) is 9.62 Å². The summed E-state index contributed by atoms with van der Waals surface area (Å²) in [4.78, 5) is 25.2. The van der Waals surface area contributed by atoms with Gasteiger partial charge in [0.15, 0.2) is 0 Å². The van der Waals surface area contributed by atoms with Crippen LogP contribution < -0.4 is 10.6 Å². The standard InChI is InChI=1S/C22H26ClN3O4S/c1-3-12-24-21(27)18-11-8-16(14-19(18)23)25-22(28)20-5-4-13-26(20)31(29,30)17-9-6-15(2)7-10-17/h6-11,14,20H,3-5,12-13H2,1-2H3,(H,24,27)(H,25,28)/t20-/m0/s1. The lowest BCUT2D eigenvalue weighted by atomic mass is 10.1. The first-order chi connectivity index (χ1) is 14.7. The smallest absolute Gasteiger partial charge is 0.252 e. The summed E-state index contributed by atoms with van der Waals surface area (Å²) in [7, 11) is -3.78. The quantitative estimate of drug-likeness (QED) is 0.656. The summed E-state index contributed by atoms with van der Waals surface area (Å²) < 4.78 is 27.4. The average molecular weight is 464 g/mol. The van der Waals surface area contributed by atoms with E-state index < -0.39 is 22.0 Å². The van der Waals surface area contributed by atoms with E-state index in [9.17, 15) is 18.0 Å². The lowest BCUT2D eigenvalue weighted by Gasteiger charge is -2.23. The summed E-state index contributed by atoms with van der Waals surface area (Å²) in [6, 6.07) is 10.4. The fourth-order valence-corrected chi connectivity index (χ4v) is 5.39. The lowest BCUT2D eigenvalue weighted by molar-refractivity contribution is -0.119. The van der Waals surface area contributed by atoms with E-state index >= 15 is 0 Å². The van der Waals surface area contributed by atoms with Crippen molar-refractivity contribution in [2.45, 2.75) is 44.0 Å². The number of anilines is 1. The van der Waals surface area contributed by atoms with E-state index in [4.69, 9.17) is 11.6 Å². The largest absolute Gasteiger partial charge is 0.352 e. The number of carbonyl (C=O) groups is 2. The second kappa shape index (κ2) is 9.80. The highest BCUT2D eigenvalue weighted by Gasteiger charge is 2.39. The third-order valence-electron chi connectivity index (χ3n) is 5.15. The van der Waals surface area contributed by atoms with Crippen molar-refractivity contribution >= 4 is 39.1 Å². The number of carbonyl (C=O) groups excluding carboxylic acids is 2. The van der Waals surface area contributed by atoms with Gasteiger partial charge in [0.05, 0.1) is 15.5 Å². The molecule has 2 aromatic carbocycles. The number of aryl methyl sites for hydroxylation is 1. The minimum absolute atomic E-state index is 0.170. The molecule has 0 radical (unpaired) electrons. The zero-order valence-electron chi connectivity index (χ0n) is 17.5. The molecular formula is C22H26ClN3O4S. The Morgan fingerprint density at radius 2 is 1.87 bits per heavy atom. The van der Waals surface area contributed by atoms with E-state index in [0.717, 1.165) is 12.0 Å². The van der Waals surface area contributed by atoms with Gasteiger partial charge in [0.2, 0.25) is 15.9 Å². The number of halogens is 1. The molecule has 1 fully saturated rings. The Morgan fingerprint density at radius 1 is 1.16 bits per heavy atom.